The molecule has 0 amide bonds. The van der Waals surface area contributed by atoms with Crippen LogP contribution in [-0.4, -0.2) is 60.0 Å². The summed E-state index contributed by atoms with van der Waals surface area (Å²) in [5.41, 5.74) is 3.67. The molecule has 0 N–H and O–H groups in total. The molecule has 234 valence electrons. The summed E-state index contributed by atoms with van der Waals surface area (Å²) in [7, 11) is -1.36. The van der Waals surface area contributed by atoms with Gasteiger partial charge in [-0.15, -0.1) is 0 Å². The van der Waals surface area contributed by atoms with E-state index in [1.165, 1.54) is 6.07 Å². The maximum atomic E-state index is 15.6. The fraction of sp³-hybridized carbons (Fsp3) is 0.562. The molecule has 9 nitrogen and oxygen atoms in total. The minimum absolute atomic E-state index is 0.0476. The first kappa shape index (κ1) is 32.6. The maximum absolute atomic E-state index is 15.6. The monoisotopic (exact) mass is 613 g/mol. The van der Waals surface area contributed by atoms with Crippen LogP contribution >= 0.6 is 0 Å². The molecule has 0 spiro atoms. The van der Waals surface area contributed by atoms with Crippen molar-refractivity contribution in [3.63, 3.8) is 0 Å². The predicted molar refractivity (Wildman–Crippen MR) is 165 cm³/mol. The molecule has 0 saturated carbocycles. The Kier molecular flexibility index (Phi) is 9.65. The summed E-state index contributed by atoms with van der Waals surface area (Å²) in [4.78, 5) is 30.9. The third-order valence-corrected chi connectivity index (χ3v) is 8.95. The van der Waals surface area contributed by atoms with Crippen LogP contribution in [0.2, 0.25) is 25.7 Å². The molecular formula is C32H44FN3O6Si. The van der Waals surface area contributed by atoms with E-state index < -0.39 is 31.6 Å². The Balaban J connectivity index is 1.92. The molecule has 0 bridgehead atoms. The Hall–Kier alpha value is -3.31. The Bertz CT molecular complexity index is 1520. The number of benzene rings is 1. The van der Waals surface area contributed by atoms with E-state index in [1.54, 1.807) is 24.4 Å². The Morgan fingerprint density at radius 1 is 1.16 bits per heavy atom. The van der Waals surface area contributed by atoms with Gasteiger partial charge >= 0.3 is 11.9 Å². The lowest BCUT2D eigenvalue weighted by Gasteiger charge is -2.29. The van der Waals surface area contributed by atoms with Crippen LogP contribution in [0.4, 0.5) is 4.39 Å². The lowest BCUT2D eigenvalue weighted by atomic mass is 9.91. The second-order valence-electron chi connectivity index (χ2n) is 13.2. The van der Waals surface area contributed by atoms with Gasteiger partial charge in [0.15, 0.2) is 23.3 Å². The molecule has 1 atom stereocenters. The fourth-order valence-corrected chi connectivity index (χ4v) is 5.92. The third kappa shape index (κ3) is 7.62. The molecule has 1 aliphatic rings. The quantitative estimate of drug-likeness (QED) is 0.193. The molecule has 11 heteroatoms. The van der Waals surface area contributed by atoms with E-state index >= 15 is 4.39 Å². The number of carbonyl (C=O) groups is 2. The van der Waals surface area contributed by atoms with Crippen LogP contribution < -0.4 is 4.74 Å². The van der Waals surface area contributed by atoms with Crippen molar-refractivity contribution >= 4 is 25.7 Å². The molecule has 1 aliphatic heterocycles. The lowest BCUT2D eigenvalue weighted by Crippen LogP contribution is -2.30. The standard InChI is InChI=1S/C32H44FN3O6Si/c1-10-39-31(38)30(42-32(4,5)6)27-20(3)34-25-16-21(17-26(37)40-14-15-43(7,8)9)35-36(25)28(27)23-18-24(33)29-22(19(23)2)12-11-13-41-29/h16,18,30H,10-15,17H2,1-9H3/t30-/m0/s1. The number of nitrogens with zero attached hydrogens (tertiary/aromatic N) is 3. The van der Waals surface area contributed by atoms with Gasteiger partial charge in [0.2, 0.25) is 0 Å². The van der Waals surface area contributed by atoms with E-state index in [2.05, 4.69) is 19.6 Å². The number of rotatable bonds is 10. The van der Waals surface area contributed by atoms with Crippen molar-refractivity contribution in [2.45, 2.75) is 98.2 Å². The topological polar surface area (TPSA) is 101 Å². The van der Waals surface area contributed by atoms with Gasteiger partial charge in [0.1, 0.15) is 0 Å². The van der Waals surface area contributed by atoms with Crippen LogP contribution in [0.3, 0.4) is 0 Å². The highest BCUT2D eigenvalue weighted by Crippen LogP contribution is 2.42. The maximum Gasteiger partial charge on any atom is 0.340 e. The van der Waals surface area contributed by atoms with Crippen molar-refractivity contribution < 1.29 is 32.9 Å². The first-order valence-electron chi connectivity index (χ1n) is 14.9. The van der Waals surface area contributed by atoms with Crippen molar-refractivity contribution in [2.24, 2.45) is 0 Å². The minimum atomic E-state index is -1.36. The van der Waals surface area contributed by atoms with Crippen molar-refractivity contribution in [2.75, 3.05) is 19.8 Å². The highest BCUT2D eigenvalue weighted by Gasteiger charge is 2.35. The number of hydrogen-bond acceptors (Lipinski definition) is 8. The second-order valence-corrected chi connectivity index (χ2v) is 18.8. The van der Waals surface area contributed by atoms with E-state index in [0.717, 1.165) is 23.6 Å². The van der Waals surface area contributed by atoms with Gasteiger partial charge in [-0.3, -0.25) is 4.79 Å². The number of hydrogen-bond donors (Lipinski definition) is 0. The molecule has 0 unspecified atom stereocenters. The summed E-state index contributed by atoms with van der Waals surface area (Å²) < 4.78 is 40.1. The van der Waals surface area contributed by atoms with E-state index in [4.69, 9.17) is 29.0 Å². The molecule has 0 aliphatic carbocycles. The zero-order chi connectivity index (χ0) is 31.7. The van der Waals surface area contributed by atoms with Crippen molar-refractivity contribution in [1.29, 1.82) is 0 Å². The van der Waals surface area contributed by atoms with Crippen LogP contribution in [0.25, 0.3) is 16.9 Å². The molecule has 1 aromatic carbocycles. The summed E-state index contributed by atoms with van der Waals surface area (Å²) in [6, 6.07) is 4.01. The smallest absolute Gasteiger partial charge is 0.340 e. The van der Waals surface area contributed by atoms with Gasteiger partial charge in [0.05, 0.1) is 43.2 Å². The minimum Gasteiger partial charge on any atom is -0.490 e. The number of aryl methyl sites for hydroxylation is 1. The normalized spacial score (nSPS) is 14.3. The number of fused-ring (bicyclic) bond motifs is 2. The summed E-state index contributed by atoms with van der Waals surface area (Å²) in [5, 5.41) is 4.76. The molecule has 0 saturated heterocycles. The van der Waals surface area contributed by atoms with Crippen LogP contribution in [0.5, 0.6) is 5.75 Å². The Labute approximate surface area is 254 Å². The van der Waals surface area contributed by atoms with E-state index in [-0.39, 0.29) is 24.7 Å². The van der Waals surface area contributed by atoms with Gasteiger partial charge in [-0.2, -0.15) is 5.10 Å². The Morgan fingerprint density at radius 3 is 2.53 bits per heavy atom. The molecule has 0 fully saturated rings. The van der Waals surface area contributed by atoms with Gasteiger partial charge < -0.3 is 18.9 Å². The lowest BCUT2D eigenvalue weighted by molar-refractivity contribution is -0.166. The molecule has 0 radical (unpaired) electrons. The summed E-state index contributed by atoms with van der Waals surface area (Å²) >= 11 is 0. The Morgan fingerprint density at radius 2 is 1.88 bits per heavy atom. The van der Waals surface area contributed by atoms with Gasteiger partial charge in [-0.05, 0) is 72.1 Å². The van der Waals surface area contributed by atoms with Gasteiger partial charge in [-0.25, -0.2) is 18.7 Å². The number of carbonyl (C=O) groups excluding carboxylic acids is 2. The van der Waals surface area contributed by atoms with Crippen LogP contribution in [0.15, 0.2) is 12.1 Å². The van der Waals surface area contributed by atoms with Gasteiger partial charge in [-0.1, -0.05) is 19.6 Å². The van der Waals surface area contributed by atoms with Crippen LogP contribution in [0, 0.1) is 19.7 Å². The zero-order valence-electron chi connectivity index (χ0n) is 26.9. The first-order chi connectivity index (χ1) is 20.1. The summed E-state index contributed by atoms with van der Waals surface area (Å²) in [6.07, 6.45) is 0.204. The summed E-state index contributed by atoms with van der Waals surface area (Å²) in [5.74, 6) is -1.20. The van der Waals surface area contributed by atoms with Crippen molar-refractivity contribution in [3.8, 4) is 17.0 Å². The summed E-state index contributed by atoms with van der Waals surface area (Å²) in [6.45, 7) is 18.6. The first-order valence-corrected chi connectivity index (χ1v) is 18.6. The predicted octanol–water partition coefficient (Wildman–Crippen LogP) is 6.32. The van der Waals surface area contributed by atoms with E-state index in [9.17, 15) is 9.59 Å². The van der Waals surface area contributed by atoms with Gasteiger partial charge in [0.25, 0.3) is 0 Å². The molecule has 3 aromatic rings. The molecule has 4 rings (SSSR count). The SMILES string of the molecule is CCOC(=O)[C@@H](OC(C)(C)C)c1c(C)nc2cc(CC(=O)OCC[Si](C)(C)C)nn2c1-c1cc(F)c2c(c1C)CCCO2. The van der Waals surface area contributed by atoms with Crippen LogP contribution in [-0.2, 0) is 36.6 Å². The van der Waals surface area contributed by atoms with E-state index in [0.29, 0.717) is 53.5 Å². The molecule has 43 heavy (non-hydrogen) atoms. The third-order valence-electron chi connectivity index (χ3n) is 7.25. The van der Waals surface area contributed by atoms with Crippen LogP contribution in [0.1, 0.15) is 68.3 Å². The van der Waals surface area contributed by atoms with Crippen molar-refractivity contribution in [3.05, 3.63) is 46.0 Å². The number of ether oxygens (including phenoxy) is 4. The number of halogens is 1. The van der Waals surface area contributed by atoms with E-state index in [1.807, 2.05) is 27.7 Å². The second kappa shape index (κ2) is 12.7. The highest BCUT2D eigenvalue weighted by atomic mass is 28.3. The number of aromatic nitrogens is 3. The molecule has 2 aromatic heterocycles. The highest BCUT2D eigenvalue weighted by molar-refractivity contribution is 6.76. The largest absolute Gasteiger partial charge is 0.490 e. The zero-order valence-corrected chi connectivity index (χ0v) is 27.9. The van der Waals surface area contributed by atoms with Crippen molar-refractivity contribution in [1.82, 2.24) is 14.6 Å². The fourth-order valence-electron chi connectivity index (χ4n) is 5.21. The average Bonchev–Trinajstić information content (AvgIpc) is 3.29. The average molecular weight is 614 g/mol. The number of esters is 2. The molecular weight excluding hydrogens is 569 g/mol. The van der Waals surface area contributed by atoms with Gasteiger partial charge in [0, 0.05) is 36.5 Å². The molecule has 3 heterocycles.